The molecule has 1 saturated heterocycles. The maximum Gasteiger partial charge on any atom is 0.323 e. The first-order valence-corrected chi connectivity index (χ1v) is 12.0. The molecule has 0 radical (unpaired) electrons. The van der Waals surface area contributed by atoms with Crippen molar-refractivity contribution in [1.82, 2.24) is 4.90 Å². The summed E-state index contributed by atoms with van der Waals surface area (Å²) in [5.41, 5.74) is 4.36. The van der Waals surface area contributed by atoms with Gasteiger partial charge in [-0.25, -0.2) is 4.79 Å². The Labute approximate surface area is 195 Å². The largest absolute Gasteiger partial charge is 0.457 e. The SMILES string of the molecule is O=C(Nc1ccc(Oc2ccccc2)cc1)Nc1ccc2c(c1)CCC(CN1CCCC1)C2. The first-order valence-electron chi connectivity index (χ1n) is 12.0. The minimum atomic E-state index is -0.241. The van der Waals surface area contributed by atoms with Crippen LogP contribution in [0.5, 0.6) is 11.5 Å². The van der Waals surface area contributed by atoms with Crippen molar-refractivity contribution in [3.63, 3.8) is 0 Å². The van der Waals surface area contributed by atoms with E-state index in [2.05, 4.69) is 27.7 Å². The van der Waals surface area contributed by atoms with Gasteiger partial charge in [0.05, 0.1) is 0 Å². The molecule has 0 spiro atoms. The Hall–Kier alpha value is -3.31. The topological polar surface area (TPSA) is 53.6 Å². The fourth-order valence-electron chi connectivity index (χ4n) is 4.92. The van der Waals surface area contributed by atoms with E-state index in [1.807, 2.05) is 60.7 Å². The fraction of sp³-hybridized carbons (Fsp3) is 0.321. The highest BCUT2D eigenvalue weighted by Gasteiger charge is 2.22. The van der Waals surface area contributed by atoms with Crippen molar-refractivity contribution in [3.8, 4) is 11.5 Å². The molecule has 0 bridgehead atoms. The van der Waals surface area contributed by atoms with Crippen LogP contribution in [0.25, 0.3) is 0 Å². The Bertz CT molecular complexity index is 1080. The van der Waals surface area contributed by atoms with Gasteiger partial charge in [-0.15, -0.1) is 0 Å². The van der Waals surface area contributed by atoms with Crippen LogP contribution in [0.15, 0.2) is 72.8 Å². The van der Waals surface area contributed by atoms with Gasteiger partial charge in [0.15, 0.2) is 0 Å². The van der Waals surface area contributed by atoms with Crippen molar-refractivity contribution in [3.05, 3.63) is 83.9 Å². The Morgan fingerprint density at radius 1 is 0.848 bits per heavy atom. The van der Waals surface area contributed by atoms with E-state index >= 15 is 0 Å². The van der Waals surface area contributed by atoms with Crippen LogP contribution in [-0.4, -0.2) is 30.6 Å². The molecule has 1 atom stereocenters. The quantitative estimate of drug-likeness (QED) is 0.470. The van der Waals surface area contributed by atoms with Gasteiger partial charge in [0.2, 0.25) is 0 Å². The number of fused-ring (bicyclic) bond motifs is 1. The van der Waals surface area contributed by atoms with Gasteiger partial charge in [-0.3, -0.25) is 0 Å². The molecule has 3 aromatic carbocycles. The molecule has 33 heavy (non-hydrogen) atoms. The molecule has 1 aliphatic heterocycles. The third kappa shape index (κ3) is 5.74. The maximum atomic E-state index is 12.5. The summed E-state index contributed by atoms with van der Waals surface area (Å²) >= 11 is 0. The van der Waals surface area contributed by atoms with Crippen LogP contribution in [-0.2, 0) is 12.8 Å². The number of nitrogens with zero attached hydrogens (tertiary/aromatic N) is 1. The average molecular weight is 442 g/mol. The third-order valence-corrected chi connectivity index (χ3v) is 6.60. The van der Waals surface area contributed by atoms with E-state index in [0.29, 0.717) is 0 Å². The number of amides is 2. The van der Waals surface area contributed by atoms with Crippen LogP contribution in [0.2, 0.25) is 0 Å². The number of urea groups is 1. The molecule has 1 fully saturated rings. The number of para-hydroxylation sites is 1. The molecular weight excluding hydrogens is 410 g/mol. The summed E-state index contributed by atoms with van der Waals surface area (Å²) < 4.78 is 5.80. The van der Waals surface area contributed by atoms with E-state index in [1.165, 1.54) is 50.0 Å². The van der Waals surface area contributed by atoms with E-state index < -0.39 is 0 Å². The summed E-state index contributed by atoms with van der Waals surface area (Å²) in [4.78, 5) is 15.1. The Balaban J connectivity index is 1.13. The lowest BCUT2D eigenvalue weighted by Gasteiger charge is -2.28. The van der Waals surface area contributed by atoms with Crippen molar-refractivity contribution in [1.29, 1.82) is 0 Å². The zero-order valence-electron chi connectivity index (χ0n) is 18.9. The standard InChI is InChI=1S/C28H31N3O2/c32-28(29-24-12-14-27(15-13-24)33-26-6-2-1-3-7-26)30-25-11-10-22-18-21(8-9-23(22)19-25)20-31-16-4-5-17-31/h1-3,6-7,10-15,19,21H,4-5,8-9,16-18,20H2,(H2,29,30,32). The molecule has 1 heterocycles. The number of rotatable bonds is 6. The molecule has 5 rings (SSSR count). The van der Waals surface area contributed by atoms with E-state index in [9.17, 15) is 4.79 Å². The predicted molar refractivity (Wildman–Crippen MR) is 133 cm³/mol. The second kappa shape index (κ2) is 10.1. The summed E-state index contributed by atoms with van der Waals surface area (Å²) in [6, 6.07) is 23.1. The zero-order chi connectivity index (χ0) is 22.5. The second-order valence-electron chi connectivity index (χ2n) is 9.12. The second-order valence-corrected chi connectivity index (χ2v) is 9.12. The normalized spacial score (nSPS) is 17.9. The van der Waals surface area contributed by atoms with Crippen LogP contribution in [0.1, 0.15) is 30.4 Å². The van der Waals surface area contributed by atoms with Crippen molar-refractivity contribution in [2.75, 3.05) is 30.3 Å². The summed E-state index contributed by atoms with van der Waals surface area (Å²) in [7, 11) is 0. The fourth-order valence-corrected chi connectivity index (χ4v) is 4.92. The van der Waals surface area contributed by atoms with Gasteiger partial charge in [0.25, 0.3) is 0 Å². The van der Waals surface area contributed by atoms with Crippen molar-refractivity contribution in [2.45, 2.75) is 32.1 Å². The molecule has 0 saturated carbocycles. The lowest BCUT2D eigenvalue weighted by molar-refractivity contribution is 0.261. The minimum Gasteiger partial charge on any atom is -0.457 e. The van der Waals surface area contributed by atoms with Crippen LogP contribution in [0.4, 0.5) is 16.2 Å². The predicted octanol–water partition coefficient (Wildman–Crippen LogP) is 6.32. The molecule has 0 aromatic heterocycles. The van der Waals surface area contributed by atoms with Gasteiger partial charge in [-0.1, -0.05) is 24.3 Å². The molecule has 5 heteroatoms. The first kappa shape index (κ1) is 21.5. The van der Waals surface area contributed by atoms with Crippen LogP contribution in [0, 0.1) is 5.92 Å². The molecule has 2 aliphatic rings. The van der Waals surface area contributed by atoms with Crippen molar-refractivity contribution < 1.29 is 9.53 Å². The van der Waals surface area contributed by atoms with Gasteiger partial charge < -0.3 is 20.3 Å². The van der Waals surface area contributed by atoms with E-state index in [4.69, 9.17) is 4.74 Å². The van der Waals surface area contributed by atoms with Crippen LogP contribution in [0.3, 0.4) is 0 Å². The van der Waals surface area contributed by atoms with E-state index in [1.54, 1.807) is 0 Å². The molecule has 2 amide bonds. The highest BCUT2D eigenvalue weighted by atomic mass is 16.5. The number of benzene rings is 3. The Morgan fingerprint density at radius 3 is 2.33 bits per heavy atom. The monoisotopic (exact) mass is 441 g/mol. The lowest BCUT2D eigenvalue weighted by Crippen LogP contribution is -2.30. The lowest BCUT2D eigenvalue weighted by atomic mass is 9.83. The Morgan fingerprint density at radius 2 is 1.55 bits per heavy atom. The molecule has 1 unspecified atom stereocenters. The molecule has 170 valence electrons. The molecular formula is C28H31N3O2. The molecule has 1 aliphatic carbocycles. The number of carbonyl (C=O) groups is 1. The van der Waals surface area contributed by atoms with Gasteiger partial charge in [-0.2, -0.15) is 0 Å². The average Bonchev–Trinajstić information content (AvgIpc) is 3.34. The summed E-state index contributed by atoms with van der Waals surface area (Å²) in [5.74, 6) is 2.27. The minimum absolute atomic E-state index is 0.241. The van der Waals surface area contributed by atoms with Gasteiger partial charge in [0.1, 0.15) is 11.5 Å². The van der Waals surface area contributed by atoms with Gasteiger partial charge >= 0.3 is 6.03 Å². The summed E-state index contributed by atoms with van der Waals surface area (Å²) in [6.45, 7) is 3.77. The van der Waals surface area contributed by atoms with Crippen LogP contribution >= 0.6 is 0 Å². The zero-order valence-corrected chi connectivity index (χ0v) is 18.9. The van der Waals surface area contributed by atoms with Crippen LogP contribution < -0.4 is 15.4 Å². The molecule has 3 aromatic rings. The van der Waals surface area contributed by atoms with Gasteiger partial charge in [-0.05, 0) is 111 Å². The summed E-state index contributed by atoms with van der Waals surface area (Å²) in [5, 5.41) is 5.87. The van der Waals surface area contributed by atoms with Gasteiger partial charge in [0, 0.05) is 17.9 Å². The van der Waals surface area contributed by atoms with E-state index in [-0.39, 0.29) is 6.03 Å². The van der Waals surface area contributed by atoms with Crippen molar-refractivity contribution >= 4 is 17.4 Å². The number of ether oxygens (including phenoxy) is 1. The maximum absolute atomic E-state index is 12.5. The Kier molecular flexibility index (Phi) is 6.58. The number of hydrogen-bond acceptors (Lipinski definition) is 3. The first-order chi connectivity index (χ1) is 16.2. The molecule has 5 nitrogen and oxygen atoms in total. The number of anilines is 2. The third-order valence-electron chi connectivity index (χ3n) is 6.60. The number of aryl methyl sites for hydroxylation is 1. The highest BCUT2D eigenvalue weighted by Crippen LogP contribution is 2.29. The number of likely N-dealkylation sites (tertiary alicyclic amines) is 1. The van der Waals surface area contributed by atoms with E-state index in [0.717, 1.165) is 41.6 Å². The number of carbonyl (C=O) groups excluding carboxylic acids is 1. The summed E-state index contributed by atoms with van der Waals surface area (Å²) in [6.07, 6.45) is 6.18. The molecule has 2 N–H and O–H groups in total. The number of hydrogen-bond donors (Lipinski definition) is 2. The number of nitrogens with one attached hydrogen (secondary N) is 2. The van der Waals surface area contributed by atoms with Crippen molar-refractivity contribution in [2.24, 2.45) is 5.92 Å². The smallest absolute Gasteiger partial charge is 0.323 e. The highest BCUT2D eigenvalue weighted by molar-refractivity contribution is 5.99.